The number of aromatic nitrogens is 2. The molecule has 0 aliphatic rings. The first-order valence-corrected chi connectivity index (χ1v) is 7.33. The molecule has 3 rings (SSSR count). The summed E-state index contributed by atoms with van der Waals surface area (Å²) in [6, 6.07) is 4.31. The quantitative estimate of drug-likeness (QED) is 0.685. The SMILES string of the molecule is Cc1sc2ncnc(Nc3ccc(C(=O)O)c(O)c3)c2c1C. The number of carboxylic acids is 1. The standard InChI is InChI=1S/C15H13N3O3S/c1-7-8(2)22-14-12(7)13(16-6-17-14)18-9-3-4-10(15(20)21)11(19)5-9/h3-6,19H,1-2H3,(H,20,21)(H,16,17,18). The molecule has 0 unspecified atom stereocenters. The molecule has 0 aliphatic carbocycles. The summed E-state index contributed by atoms with van der Waals surface area (Å²) >= 11 is 1.59. The summed E-state index contributed by atoms with van der Waals surface area (Å²) in [7, 11) is 0. The zero-order valence-corrected chi connectivity index (χ0v) is 12.7. The molecule has 7 heteroatoms. The number of nitrogens with zero attached hydrogens (tertiary/aromatic N) is 2. The number of aromatic carboxylic acids is 1. The van der Waals surface area contributed by atoms with Gasteiger partial charge in [0.05, 0.1) is 5.39 Å². The highest BCUT2D eigenvalue weighted by molar-refractivity contribution is 7.18. The van der Waals surface area contributed by atoms with Gasteiger partial charge in [0.1, 0.15) is 28.3 Å². The van der Waals surface area contributed by atoms with Gasteiger partial charge in [0.25, 0.3) is 0 Å². The molecule has 22 heavy (non-hydrogen) atoms. The van der Waals surface area contributed by atoms with Crippen LogP contribution in [-0.4, -0.2) is 26.2 Å². The van der Waals surface area contributed by atoms with Gasteiger partial charge in [0.2, 0.25) is 0 Å². The van der Waals surface area contributed by atoms with Gasteiger partial charge >= 0.3 is 5.97 Å². The number of anilines is 2. The van der Waals surface area contributed by atoms with Crippen LogP contribution in [0.4, 0.5) is 11.5 Å². The molecule has 0 spiro atoms. The summed E-state index contributed by atoms with van der Waals surface area (Å²) in [6.45, 7) is 4.03. The normalized spacial score (nSPS) is 10.8. The number of phenols is 1. The number of aryl methyl sites for hydroxylation is 2. The minimum Gasteiger partial charge on any atom is -0.507 e. The summed E-state index contributed by atoms with van der Waals surface area (Å²) in [6.07, 6.45) is 1.48. The molecule has 0 radical (unpaired) electrons. The Labute approximate surface area is 130 Å². The second-order valence-corrected chi connectivity index (χ2v) is 6.05. The Balaban J connectivity index is 2.04. The van der Waals surface area contributed by atoms with Crippen LogP contribution in [0.15, 0.2) is 24.5 Å². The second kappa shape index (κ2) is 5.27. The minimum absolute atomic E-state index is 0.138. The fourth-order valence-corrected chi connectivity index (χ4v) is 3.20. The van der Waals surface area contributed by atoms with Crippen LogP contribution >= 0.6 is 11.3 Å². The predicted octanol–water partition coefficient (Wildman–Crippen LogP) is 3.46. The van der Waals surface area contributed by atoms with Crippen molar-refractivity contribution >= 4 is 39.0 Å². The van der Waals surface area contributed by atoms with Crippen molar-refractivity contribution in [2.24, 2.45) is 0 Å². The van der Waals surface area contributed by atoms with E-state index in [1.807, 2.05) is 13.8 Å². The summed E-state index contributed by atoms with van der Waals surface area (Å²) in [5, 5.41) is 22.7. The Hall–Kier alpha value is -2.67. The van der Waals surface area contributed by atoms with E-state index in [1.165, 1.54) is 23.3 Å². The number of fused-ring (bicyclic) bond motifs is 1. The minimum atomic E-state index is -1.17. The molecule has 0 saturated heterocycles. The monoisotopic (exact) mass is 315 g/mol. The second-order valence-electron chi connectivity index (χ2n) is 4.85. The van der Waals surface area contributed by atoms with E-state index in [-0.39, 0.29) is 11.3 Å². The van der Waals surface area contributed by atoms with E-state index in [0.29, 0.717) is 11.5 Å². The molecule has 0 saturated carbocycles. The average Bonchev–Trinajstić information content (AvgIpc) is 2.75. The van der Waals surface area contributed by atoms with E-state index in [2.05, 4.69) is 15.3 Å². The summed E-state index contributed by atoms with van der Waals surface area (Å²) in [5.74, 6) is -0.826. The van der Waals surface area contributed by atoms with Crippen LogP contribution in [-0.2, 0) is 0 Å². The van der Waals surface area contributed by atoms with Crippen molar-refractivity contribution in [3.8, 4) is 5.75 Å². The molecule has 6 nitrogen and oxygen atoms in total. The lowest BCUT2D eigenvalue weighted by Gasteiger charge is -2.08. The van der Waals surface area contributed by atoms with E-state index in [0.717, 1.165) is 15.8 Å². The van der Waals surface area contributed by atoms with Crippen LogP contribution in [0.3, 0.4) is 0 Å². The number of hydrogen-bond donors (Lipinski definition) is 3. The van der Waals surface area contributed by atoms with Crippen LogP contribution in [0.1, 0.15) is 20.8 Å². The van der Waals surface area contributed by atoms with Crippen molar-refractivity contribution in [2.45, 2.75) is 13.8 Å². The van der Waals surface area contributed by atoms with Crippen molar-refractivity contribution in [3.05, 3.63) is 40.5 Å². The first kappa shape index (κ1) is 14.3. The Morgan fingerprint density at radius 3 is 2.73 bits per heavy atom. The van der Waals surface area contributed by atoms with Gasteiger partial charge in [-0.3, -0.25) is 0 Å². The van der Waals surface area contributed by atoms with Gasteiger partial charge < -0.3 is 15.5 Å². The van der Waals surface area contributed by atoms with Gasteiger partial charge in [0.15, 0.2) is 0 Å². The number of carboxylic acid groups (broad SMARTS) is 1. The lowest BCUT2D eigenvalue weighted by Crippen LogP contribution is -1.99. The third-order valence-electron chi connectivity index (χ3n) is 3.46. The largest absolute Gasteiger partial charge is 0.507 e. The van der Waals surface area contributed by atoms with Gasteiger partial charge in [-0.1, -0.05) is 0 Å². The smallest absolute Gasteiger partial charge is 0.339 e. The number of nitrogens with one attached hydrogen (secondary N) is 1. The molecular formula is C15H13N3O3S. The average molecular weight is 315 g/mol. The van der Waals surface area contributed by atoms with E-state index >= 15 is 0 Å². The highest BCUT2D eigenvalue weighted by atomic mass is 32.1. The lowest BCUT2D eigenvalue weighted by atomic mass is 10.1. The maximum absolute atomic E-state index is 10.9. The molecule has 2 aromatic heterocycles. The fourth-order valence-electron chi connectivity index (χ4n) is 2.20. The van der Waals surface area contributed by atoms with E-state index in [4.69, 9.17) is 5.11 Å². The maximum Gasteiger partial charge on any atom is 0.339 e. The van der Waals surface area contributed by atoms with Crippen LogP contribution in [0.2, 0.25) is 0 Å². The predicted molar refractivity (Wildman–Crippen MR) is 85.2 cm³/mol. The summed E-state index contributed by atoms with van der Waals surface area (Å²) in [5.41, 5.74) is 1.53. The molecule has 2 heterocycles. The molecule has 1 aromatic carbocycles. The number of carbonyl (C=O) groups is 1. The van der Waals surface area contributed by atoms with Crippen LogP contribution in [0, 0.1) is 13.8 Å². The topological polar surface area (TPSA) is 95.3 Å². The van der Waals surface area contributed by atoms with Crippen LogP contribution < -0.4 is 5.32 Å². The molecule has 0 amide bonds. The highest BCUT2D eigenvalue weighted by Gasteiger charge is 2.14. The molecule has 0 bridgehead atoms. The van der Waals surface area contributed by atoms with Crippen LogP contribution in [0.5, 0.6) is 5.75 Å². The number of aromatic hydroxyl groups is 1. The van der Waals surface area contributed by atoms with Crippen molar-refractivity contribution in [1.82, 2.24) is 9.97 Å². The van der Waals surface area contributed by atoms with Crippen LogP contribution in [0.25, 0.3) is 10.2 Å². The Morgan fingerprint density at radius 1 is 1.27 bits per heavy atom. The van der Waals surface area contributed by atoms with Gasteiger partial charge in [-0.15, -0.1) is 11.3 Å². The molecule has 3 N–H and O–H groups in total. The third kappa shape index (κ3) is 2.35. The highest BCUT2D eigenvalue weighted by Crippen LogP contribution is 2.34. The van der Waals surface area contributed by atoms with Gasteiger partial charge in [0, 0.05) is 16.6 Å². The molecule has 0 aliphatic heterocycles. The van der Waals surface area contributed by atoms with Crippen molar-refractivity contribution in [2.75, 3.05) is 5.32 Å². The van der Waals surface area contributed by atoms with E-state index in [1.54, 1.807) is 17.4 Å². The zero-order chi connectivity index (χ0) is 15.9. The Morgan fingerprint density at radius 2 is 2.05 bits per heavy atom. The van der Waals surface area contributed by atoms with E-state index in [9.17, 15) is 9.90 Å². The van der Waals surface area contributed by atoms with Crippen molar-refractivity contribution in [3.63, 3.8) is 0 Å². The molecule has 0 atom stereocenters. The van der Waals surface area contributed by atoms with Gasteiger partial charge in [-0.05, 0) is 31.5 Å². The maximum atomic E-state index is 10.9. The number of rotatable bonds is 3. The fraction of sp³-hybridized carbons (Fsp3) is 0.133. The Bertz CT molecular complexity index is 889. The number of hydrogen-bond acceptors (Lipinski definition) is 6. The molecule has 112 valence electrons. The first-order chi connectivity index (χ1) is 10.5. The van der Waals surface area contributed by atoms with Crippen molar-refractivity contribution < 1.29 is 15.0 Å². The summed E-state index contributed by atoms with van der Waals surface area (Å²) in [4.78, 5) is 21.5. The van der Waals surface area contributed by atoms with E-state index < -0.39 is 5.97 Å². The van der Waals surface area contributed by atoms with Gasteiger partial charge in [-0.2, -0.15) is 0 Å². The summed E-state index contributed by atoms with van der Waals surface area (Å²) < 4.78 is 0. The Kier molecular flexibility index (Phi) is 3.42. The third-order valence-corrected chi connectivity index (χ3v) is 4.57. The number of thiophene rings is 1. The zero-order valence-electron chi connectivity index (χ0n) is 11.9. The lowest BCUT2D eigenvalue weighted by molar-refractivity contribution is 0.0694. The number of benzene rings is 1. The molecular weight excluding hydrogens is 302 g/mol. The van der Waals surface area contributed by atoms with Gasteiger partial charge in [-0.25, -0.2) is 14.8 Å². The van der Waals surface area contributed by atoms with Crippen molar-refractivity contribution in [1.29, 1.82) is 0 Å². The molecule has 0 fully saturated rings. The molecule has 3 aromatic rings. The first-order valence-electron chi connectivity index (χ1n) is 6.51.